The summed E-state index contributed by atoms with van der Waals surface area (Å²) in [6.45, 7) is 10.8. The van der Waals surface area contributed by atoms with E-state index in [-0.39, 0.29) is 24.6 Å². The highest BCUT2D eigenvalue weighted by Crippen LogP contribution is 2.32. The fraction of sp³-hybridized carbons (Fsp3) is 0.429. The van der Waals surface area contributed by atoms with Crippen LogP contribution in [0.2, 0.25) is 0 Å². The second kappa shape index (κ2) is 12.4. The van der Waals surface area contributed by atoms with Crippen LogP contribution < -0.4 is 4.74 Å². The molecule has 34 heavy (non-hydrogen) atoms. The van der Waals surface area contributed by atoms with E-state index in [4.69, 9.17) is 9.47 Å². The lowest BCUT2D eigenvalue weighted by molar-refractivity contribution is -0.903. The number of quaternary nitrogens is 1. The van der Waals surface area contributed by atoms with Gasteiger partial charge in [0.25, 0.3) is 0 Å². The molecule has 2 aromatic carbocycles. The summed E-state index contributed by atoms with van der Waals surface area (Å²) in [5.74, 6) is 0.0390. The van der Waals surface area contributed by atoms with Crippen LogP contribution >= 0.6 is 0 Å². The van der Waals surface area contributed by atoms with Gasteiger partial charge in [0.2, 0.25) is 12.7 Å². The van der Waals surface area contributed by atoms with Gasteiger partial charge >= 0.3 is 5.97 Å². The quantitative estimate of drug-likeness (QED) is 0.231. The van der Waals surface area contributed by atoms with E-state index in [2.05, 4.69) is 38.4 Å². The van der Waals surface area contributed by atoms with Crippen LogP contribution in [0, 0.1) is 5.92 Å². The third kappa shape index (κ3) is 7.19. The van der Waals surface area contributed by atoms with Crippen molar-refractivity contribution in [1.29, 1.82) is 0 Å². The lowest BCUT2D eigenvalue weighted by Gasteiger charge is -2.30. The number of esters is 1. The molecule has 0 aliphatic rings. The summed E-state index contributed by atoms with van der Waals surface area (Å²) >= 11 is 0. The van der Waals surface area contributed by atoms with Crippen molar-refractivity contribution >= 4 is 22.8 Å². The third-order valence-corrected chi connectivity index (χ3v) is 5.54. The minimum Gasteiger partial charge on any atom is -0.457 e. The standard InChI is InChI=1S/C26H33N2O4.C2H6/c1-19(2)26(30)32-18-31-24-13-9-12-23-25(24)22(16-27(23)20(3)29)14-15-28(4,5)17-21-10-7-6-8-11-21;1-2/h6-13,16,19H,14-15,17-18H2,1-5H3;1-2H3/q+1;. The average Bonchev–Trinajstić information content (AvgIpc) is 3.19. The Hall–Kier alpha value is -3.12. The molecular weight excluding hydrogens is 428 g/mol. The summed E-state index contributed by atoms with van der Waals surface area (Å²) < 4.78 is 13.5. The molecule has 0 saturated heterocycles. The lowest BCUT2D eigenvalue weighted by Crippen LogP contribution is -2.40. The summed E-state index contributed by atoms with van der Waals surface area (Å²) in [6.07, 6.45) is 2.69. The number of nitrogens with zero attached hydrogens (tertiary/aromatic N) is 2. The van der Waals surface area contributed by atoms with E-state index in [1.165, 1.54) is 5.56 Å². The number of aromatic nitrogens is 1. The van der Waals surface area contributed by atoms with Gasteiger partial charge in [-0.1, -0.05) is 64.1 Å². The van der Waals surface area contributed by atoms with Crippen molar-refractivity contribution in [1.82, 2.24) is 4.57 Å². The molecule has 0 radical (unpaired) electrons. The Morgan fingerprint density at radius 1 is 1.00 bits per heavy atom. The predicted molar refractivity (Wildman–Crippen MR) is 137 cm³/mol. The normalized spacial score (nSPS) is 11.2. The lowest BCUT2D eigenvalue weighted by atomic mass is 10.1. The van der Waals surface area contributed by atoms with Gasteiger partial charge in [0.1, 0.15) is 12.3 Å². The van der Waals surface area contributed by atoms with Crippen molar-refractivity contribution in [3.05, 3.63) is 65.9 Å². The molecule has 3 aromatic rings. The van der Waals surface area contributed by atoms with Crippen LogP contribution in [0.4, 0.5) is 0 Å². The number of ether oxygens (including phenoxy) is 2. The Balaban J connectivity index is 0.00000199. The van der Waals surface area contributed by atoms with Crippen LogP contribution in [-0.4, -0.2) is 48.4 Å². The molecule has 0 bridgehead atoms. The number of likely N-dealkylation sites (N-methyl/N-ethyl adjacent to an activating group) is 1. The van der Waals surface area contributed by atoms with Gasteiger partial charge in [-0.3, -0.25) is 14.2 Å². The monoisotopic (exact) mass is 467 g/mol. The number of carbonyl (C=O) groups excluding carboxylic acids is 2. The Morgan fingerprint density at radius 2 is 1.68 bits per heavy atom. The summed E-state index contributed by atoms with van der Waals surface area (Å²) in [6, 6.07) is 16.1. The summed E-state index contributed by atoms with van der Waals surface area (Å²) in [7, 11) is 4.42. The SMILES string of the molecule is CC.CC(=O)n1cc(CC[N+](C)(C)Cc2ccccc2)c2c(OCOC(=O)C(C)C)cccc21. The van der Waals surface area contributed by atoms with Gasteiger partial charge in [-0.2, -0.15) is 0 Å². The van der Waals surface area contributed by atoms with Crippen molar-refractivity contribution in [3.8, 4) is 5.75 Å². The Labute approximate surface area is 203 Å². The number of benzene rings is 2. The fourth-order valence-corrected chi connectivity index (χ4v) is 3.80. The minimum absolute atomic E-state index is 0.0531. The van der Waals surface area contributed by atoms with Crippen LogP contribution in [-0.2, 0) is 22.5 Å². The topological polar surface area (TPSA) is 57.5 Å². The van der Waals surface area contributed by atoms with Crippen molar-refractivity contribution in [2.75, 3.05) is 27.4 Å². The molecule has 3 rings (SSSR count). The molecule has 0 aliphatic carbocycles. The maximum Gasteiger partial charge on any atom is 0.311 e. The highest BCUT2D eigenvalue weighted by molar-refractivity contribution is 5.97. The molecule has 1 heterocycles. The van der Waals surface area contributed by atoms with E-state index in [1.54, 1.807) is 25.3 Å². The fourth-order valence-electron chi connectivity index (χ4n) is 3.80. The second-order valence-corrected chi connectivity index (χ2v) is 9.13. The molecule has 0 spiro atoms. The summed E-state index contributed by atoms with van der Waals surface area (Å²) in [4.78, 5) is 24.0. The molecular formula is C28H39N2O4+. The molecule has 1 aromatic heterocycles. The van der Waals surface area contributed by atoms with E-state index in [9.17, 15) is 9.59 Å². The average molecular weight is 468 g/mol. The van der Waals surface area contributed by atoms with Gasteiger partial charge in [0, 0.05) is 30.5 Å². The van der Waals surface area contributed by atoms with E-state index in [1.807, 2.05) is 44.3 Å². The number of fused-ring (bicyclic) bond motifs is 1. The van der Waals surface area contributed by atoms with Crippen molar-refractivity contribution in [2.24, 2.45) is 5.92 Å². The molecule has 0 N–H and O–H groups in total. The van der Waals surface area contributed by atoms with Crippen LogP contribution in [0.25, 0.3) is 10.9 Å². The number of rotatable bonds is 9. The van der Waals surface area contributed by atoms with Gasteiger partial charge in [0.05, 0.1) is 32.1 Å². The maximum absolute atomic E-state index is 12.3. The van der Waals surface area contributed by atoms with E-state index in [0.29, 0.717) is 5.75 Å². The van der Waals surface area contributed by atoms with Crippen LogP contribution in [0.3, 0.4) is 0 Å². The van der Waals surface area contributed by atoms with Crippen LogP contribution in [0.1, 0.15) is 50.5 Å². The summed E-state index contributed by atoms with van der Waals surface area (Å²) in [5, 5.41) is 0.892. The Morgan fingerprint density at radius 3 is 2.29 bits per heavy atom. The maximum atomic E-state index is 12.3. The molecule has 0 fully saturated rings. The van der Waals surface area contributed by atoms with E-state index >= 15 is 0 Å². The third-order valence-electron chi connectivity index (χ3n) is 5.54. The van der Waals surface area contributed by atoms with Gasteiger partial charge in [-0.15, -0.1) is 0 Å². The Bertz CT molecular complexity index is 1080. The zero-order valence-electron chi connectivity index (χ0n) is 21.6. The van der Waals surface area contributed by atoms with Gasteiger partial charge in [0.15, 0.2) is 0 Å². The zero-order chi connectivity index (χ0) is 25.3. The van der Waals surface area contributed by atoms with Crippen molar-refractivity contribution in [2.45, 2.75) is 47.6 Å². The highest BCUT2D eigenvalue weighted by Gasteiger charge is 2.21. The first-order valence-electron chi connectivity index (χ1n) is 12.0. The molecule has 6 heteroatoms. The first kappa shape index (κ1) is 27.1. The number of carbonyl (C=O) groups is 2. The van der Waals surface area contributed by atoms with Crippen molar-refractivity contribution in [3.63, 3.8) is 0 Å². The molecule has 0 saturated carbocycles. The van der Waals surface area contributed by atoms with Crippen LogP contribution in [0.5, 0.6) is 5.75 Å². The Kier molecular flexibility index (Phi) is 9.87. The van der Waals surface area contributed by atoms with Crippen LogP contribution in [0.15, 0.2) is 54.7 Å². The zero-order valence-corrected chi connectivity index (χ0v) is 21.6. The largest absolute Gasteiger partial charge is 0.457 e. The number of hydrogen-bond acceptors (Lipinski definition) is 4. The molecule has 6 nitrogen and oxygen atoms in total. The first-order valence-corrected chi connectivity index (χ1v) is 12.0. The highest BCUT2D eigenvalue weighted by atomic mass is 16.7. The van der Waals surface area contributed by atoms with Gasteiger partial charge < -0.3 is 14.0 Å². The van der Waals surface area contributed by atoms with Crippen molar-refractivity contribution < 1.29 is 23.5 Å². The van der Waals surface area contributed by atoms with E-state index < -0.39 is 0 Å². The predicted octanol–water partition coefficient (Wildman–Crippen LogP) is 5.68. The van der Waals surface area contributed by atoms with Gasteiger partial charge in [-0.05, 0) is 17.7 Å². The first-order chi connectivity index (χ1) is 16.2. The molecule has 184 valence electrons. The summed E-state index contributed by atoms with van der Waals surface area (Å²) in [5.41, 5.74) is 3.13. The minimum atomic E-state index is -0.307. The van der Waals surface area contributed by atoms with Gasteiger partial charge in [-0.25, -0.2) is 0 Å². The number of hydrogen-bond donors (Lipinski definition) is 0. The molecule has 0 atom stereocenters. The molecule has 0 unspecified atom stereocenters. The molecule has 0 amide bonds. The van der Waals surface area contributed by atoms with E-state index in [0.717, 1.165) is 40.5 Å². The second-order valence-electron chi connectivity index (χ2n) is 9.13. The smallest absolute Gasteiger partial charge is 0.311 e. The molecule has 0 aliphatic heterocycles.